The molecule has 1 aromatic carbocycles. The van der Waals surface area contributed by atoms with Crippen molar-refractivity contribution in [1.29, 1.82) is 0 Å². The number of thiazole rings is 1. The first kappa shape index (κ1) is 23.8. The Morgan fingerprint density at radius 1 is 1.17 bits per heavy atom. The largest absolute Gasteiger partial charge is 0.345 e. The average Bonchev–Trinajstić information content (AvgIpc) is 3.47. The number of nitrogens with zero attached hydrogens (tertiary/aromatic N) is 4. The van der Waals surface area contributed by atoms with Crippen molar-refractivity contribution in [3.8, 4) is 0 Å². The van der Waals surface area contributed by atoms with Gasteiger partial charge in [0, 0.05) is 51.1 Å². The van der Waals surface area contributed by atoms with Crippen molar-refractivity contribution < 1.29 is 9.18 Å². The molecule has 1 aromatic heterocycles. The number of hydrogen-bond acceptors (Lipinski definition) is 7. The standard InChI is InChI=1S/C19H24FN5OS2.2ClH/c20-13-1-2-15-17(9-13)28-19(22-15)24-5-3-23(4-6-24)14-10-16(21-11-14)18(26)25-7-8-27-12-25;;/h1-2,9,14,16,21H,3-8,10-12H2;2*1H/t14-,16-;;/m0../s1. The van der Waals surface area contributed by atoms with Crippen LogP contribution in [-0.2, 0) is 4.79 Å². The van der Waals surface area contributed by atoms with Gasteiger partial charge in [-0.2, -0.15) is 0 Å². The highest BCUT2D eigenvalue weighted by atomic mass is 35.5. The number of aromatic nitrogens is 1. The number of carbonyl (C=O) groups excluding carboxylic acids is 1. The zero-order valence-electron chi connectivity index (χ0n) is 16.5. The minimum absolute atomic E-state index is 0. The molecule has 0 unspecified atom stereocenters. The predicted octanol–water partition coefficient (Wildman–Crippen LogP) is 2.66. The van der Waals surface area contributed by atoms with E-state index in [9.17, 15) is 9.18 Å². The minimum atomic E-state index is -0.210. The molecule has 0 radical (unpaired) electrons. The lowest BCUT2D eigenvalue weighted by atomic mass is 10.1. The van der Waals surface area contributed by atoms with E-state index >= 15 is 0 Å². The molecule has 2 atom stereocenters. The van der Waals surface area contributed by atoms with Gasteiger partial charge in [0.2, 0.25) is 5.91 Å². The number of anilines is 1. The van der Waals surface area contributed by atoms with Crippen LogP contribution in [0.2, 0.25) is 0 Å². The molecular weight excluding hydrogens is 468 g/mol. The number of thioether (sulfide) groups is 1. The van der Waals surface area contributed by atoms with Crippen molar-refractivity contribution >= 4 is 69.2 Å². The first-order valence-electron chi connectivity index (χ1n) is 9.82. The number of rotatable bonds is 3. The maximum absolute atomic E-state index is 13.4. The summed E-state index contributed by atoms with van der Waals surface area (Å²) >= 11 is 3.40. The molecular formula is C19H26Cl2FN5OS2. The molecule has 0 aliphatic carbocycles. The molecule has 3 saturated heterocycles. The Bertz CT molecular complexity index is 874. The summed E-state index contributed by atoms with van der Waals surface area (Å²) < 4.78 is 14.3. The second-order valence-electron chi connectivity index (χ2n) is 7.62. The van der Waals surface area contributed by atoms with E-state index in [0.717, 1.165) is 72.7 Å². The Hall–Kier alpha value is -0.840. The van der Waals surface area contributed by atoms with E-state index in [4.69, 9.17) is 0 Å². The van der Waals surface area contributed by atoms with Crippen LogP contribution in [0, 0.1) is 5.82 Å². The van der Waals surface area contributed by atoms with Gasteiger partial charge in [0.05, 0.1) is 22.1 Å². The molecule has 0 saturated carbocycles. The van der Waals surface area contributed by atoms with Crippen molar-refractivity contribution in [2.24, 2.45) is 0 Å². The van der Waals surface area contributed by atoms with Gasteiger partial charge < -0.3 is 15.1 Å². The fraction of sp³-hybridized carbons (Fsp3) is 0.579. The number of amides is 1. The van der Waals surface area contributed by atoms with E-state index in [0.29, 0.717) is 6.04 Å². The molecule has 3 aliphatic heterocycles. The van der Waals surface area contributed by atoms with Crippen molar-refractivity contribution in [2.75, 3.05) is 55.8 Å². The van der Waals surface area contributed by atoms with Gasteiger partial charge in [-0.3, -0.25) is 9.69 Å². The third kappa shape index (κ3) is 4.81. The fourth-order valence-corrected chi connectivity index (χ4v) is 6.29. The maximum atomic E-state index is 13.4. The van der Waals surface area contributed by atoms with Gasteiger partial charge in [-0.05, 0) is 24.6 Å². The molecule has 11 heteroatoms. The smallest absolute Gasteiger partial charge is 0.240 e. The van der Waals surface area contributed by atoms with Gasteiger partial charge in [-0.15, -0.1) is 36.6 Å². The zero-order valence-corrected chi connectivity index (χ0v) is 19.7. The fourth-order valence-electron chi connectivity index (χ4n) is 4.29. The number of carbonyl (C=O) groups is 1. The molecule has 4 heterocycles. The number of piperazine rings is 1. The quantitative estimate of drug-likeness (QED) is 0.709. The SMILES string of the molecule is Cl.Cl.O=C([C@@H]1C[C@H](N2CCN(c3nc4ccc(F)cc4s3)CC2)CN1)N1CCSC1. The lowest BCUT2D eigenvalue weighted by molar-refractivity contribution is -0.131. The number of halogens is 3. The normalized spacial score (nSPS) is 24.7. The minimum Gasteiger partial charge on any atom is -0.345 e. The van der Waals surface area contributed by atoms with Gasteiger partial charge in [-0.25, -0.2) is 9.37 Å². The molecule has 3 aliphatic rings. The second-order valence-corrected chi connectivity index (χ2v) is 9.70. The molecule has 2 aromatic rings. The van der Waals surface area contributed by atoms with Crippen LogP contribution in [0.3, 0.4) is 0 Å². The van der Waals surface area contributed by atoms with Gasteiger partial charge in [0.25, 0.3) is 0 Å². The summed E-state index contributed by atoms with van der Waals surface area (Å²) in [6.07, 6.45) is 0.903. The molecule has 5 rings (SSSR count). The van der Waals surface area contributed by atoms with Crippen LogP contribution < -0.4 is 10.2 Å². The van der Waals surface area contributed by atoms with Gasteiger partial charge >= 0.3 is 0 Å². The molecule has 166 valence electrons. The Kier molecular flexibility index (Phi) is 8.09. The molecule has 3 fully saturated rings. The first-order valence-corrected chi connectivity index (χ1v) is 11.8. The van der Waals surface area contributed by atoms with Crippen LogP contribution >= 0.6 is 47.9 Å². The topological polar surface area (TPSA) is 51.7 Å². The van der Waals surface area contributed by atoms with Crippen LogP contribution in [-0.4, -0.2) is 83.7 Å². The molecule has 1 N–H and O–H groups in total. The summed E-state index contributed by atoms with van der Waals surface area (Å²) in [5.74, 6) is 1.96. The molecule has 6 nitrogen and oxygen atoms in total. The average molecular weight is 494 g/mol. The third-order valence-corrected chi connectivity index (χ3v) is 7.95. The van der Waals surface area contributed by atoms with E-state index in [-0.39, 0.29) is 42.6 Å². The van der Waals surface area contributed by atoms with Crippen molar-refractivity contribution in [1.82, 2.24) is 20.1 Å². The van der Waals surface area contributed by atoms with Crippen molar-refractivity contribution in [3.05, 3.63) is 24.0 Å². The predicted molar refractivity (Wildman–Crippen MR) is 127 cm³/mol. The highest BCUT2D eigenvalue weighted by Crippen LogP contribution is 2.30. The van der Waals surface area contributed by atoms with Crippen LogP contribution in [0.15, 0.2) is 18.2 Å². The third-order valence-electron chi connectivity index (χ3n) is 5.91. The molecule has 30 heavy (non-hydrogen) atoms. The second kappa shape index (κ2) is 10.2. The summed E-state index contributed by atoms with van der Waals surface area (Å²) in [5.41, 5.74) is 0.866. The van der Waals surface area contributed by atoms with E-state index in [1.807, 2.05) is 16.7 Å². The summed E-state index contributed by atoms with van der Waals surface area (Å²) in [6, 6.07) is 5.18. The van der Waals surface area contributed by atoms with Crippen molar-refractivity contribution in [3.63, 3.8) is 0 Å². The van der Waals surface area contributed by atoms with Crippen LogP contribution in [0.1, 0.15) is 6.42 Å². The maximum Gasteiger partial charge on any atom is 0.240 e. The Morgan fingerprint density at radius 2 is 1.97 bits per heavy atom. The lowest BCUT2D eigenvalue weighted by Gasteiger charge is -2.37. The number of nitrogens with one attached hydrogen (secondary N) is 1. The van der Waals surface area contributed by atoms with Gasteiger partial charge in [0.15, 0.2) is 5.13 Å². The van der Waals surface area contributed by atoms with Crippen LogP contribution in [0.5, 0.6) is 0 Å². The van der Waals surface area contributed by atoms with Crippen LogP contribution in [0.4, 0.5) is 9.52 Å². The number of benzene rings is 1. The summed E-state index contributed by atoms with van der Waals surface area (Å²) in [4.78, 5) is 24.1. The summed E-state index contributed by atoms with van der Waals surface area (Å²) in [6.45, 7) is 5.55. The first-order chi connectivity index (χ1) is 13.7. The number of fused-ring (bicyclic) bond motifs is 1. The van der Waals surface area contributed by atoms with Crippen LogP contribution in [0.25, 0.3) is 10.2 Å². The van der Waals surface area contributed by atoms with Crippen molar-refractivity contribution in [2.45, 2.75) is 18.5 Å². The Morgan fingerprint density at radius 3 is 2.70 bits per heavy atom. The molecule has 0 spiro atoms. The van der Waals surface area contributed by atoms with E-state index in [2.05, 4.69) is 20.1 Å². The summed E-state index contributed by atoms with van der Waals surface area (Å²) in [7, 11) is 0. The Labute approximate surface area is 196 Å². The summed E-state index contributed by atoms with van der Waals surface area (Å²) in [5, 5.41) is 4.42. The van der Waals surface area contributed by atoms with Gasteiger partial charge in [0.1, 0.15) is 5.82 Å². The van der Waals surface area contributed by atoms with E-state index in [1.54, 1.807) is 23.5 Å². The molecule has 0 bridgehead atoms. The highest BCUT2D eigenvalue weighted by Gasteiger charge is 2.36. The van der Waals surface area contributed by atoms with E-state index < -0.39 is 0 Å². The lowest BCUT2D eigenvalue weighted by Crippen LogP contribution is -2.51. The highest BCUT2D eigenvalue weighted by molar-refractivity contribution is 7.99. The number of hydrogen-bond donors (Lipinski definition) is 1. The van der Waals surface area contributed by atoms with Gasteiger partial charge in [-0.1, -0.05) is 11.3 Å². The van der Waals surface area contributed by atoms with E-state index in [1.165, 1.54) is 6.07 Å². The monoisotopic (exact) mass is 493 g/mol. The molecule has 1 amide bonds. The zero-order chi connectivity index (χ0) is 19.1. The Balaban J connectivity index is 0.00000128.